The predicted octanol–water partition coefficient (Wildman–Crippen LogP) is 8.11. The standard InChI is InChI=1S/C28H34OSi2/c1-30(2,3)27(28(29-31(4,5)6)25-20-14-9-15-21-25)22-26(23-16-10-7-11-17-23)24-18-12-8-13-19-24/h7-21,28H,1-6H3. The van der Waals surface area contributed by atoms with Crippen LogP contribution in [0.2, 0.25) is 39.3 Å². The van der Waals surface area contributed by atoms with Crippen LogP contribution in [0.25, 0.3) is 5.57 Å². The van der Waals surface area contributed by atoms with Gasteiger partial charge >= 0.3 is 0 Å². The molecule has 1 atom stereocenters. The third kappa shape index (κ3) is 6.52. The Morgan fingerprint density at radius 2 is 1.06 bits per heavy atom. The molecule has 0 amide bonds. The van der Waals surface area contributed by atoms with E-state index in [1.54, 1.807) is 0 Å². The van der Waals surface area contributed by atoms with Crippen LogP contribution in [0.15, 0.2) is 102 Å². The van der Waals surface area contributed by atoms with E-state index in [1.807, 2.05) is 0 Å². The van der Waals surface area contributed by atoms with Crippen molar-refractivity contribution in [3.8, 4) is 0 Å². The minimum Gasteiger partial charge on any atom is -0.407 e. The molecule has 3 heteroatoms. The molecular formula is C28H34OSi2. The molecule has 160 valence electrons. The lowest BCUT2D eigenvalue weighted by Gasteiger charge is -2.33. The quantitative estimate of drug-likeness (QED) is 0.265. The van der Waals surface area contributed by atoms with Crippen LogP contribution in [-0.4, -0.2) is 16.4 Å². The van der Waals surface area contributed by atoms with Crippen molar-refractivity contribution in [3.05, 3.63) is 119 Å². The summed E-state index contributed by atoms with van der Waals surface area (Å²) in [6.07, 6.45) is -0.0676. The zero-order chi connectivity index (χ0) is 22.5. The van der Waals surface area contributed by atoms with E-state index in [4.69, 9.17) is 4.43 Å². The van der Waals surface area contributed by atoms with E-state index in [1.165, 1.54) is 21.9 Å². The van der Waals surface area contributed by atoms with Gasteiger partial charge < -0.3 is 4.43 Å². The lowest BCUT2D eigenvalue weighted by atomic mass is 9.98. The number of hydrogen-bond acceptors (Lipinski definition) is 1. The molecule has 0 saturated heterocycles. The molecule has 0 heterocycles. The van der Waals surface area contributed by atoms with Crippen molar-refractivity contribution >= 4 is 22.0 Å². The van der Waals surface area contributed by atoms with Gasteiger partial charge in [0, 0.05) is 5.57 Å². The smallest absolute Gasteiger partial charge is 0.185 e. The van der Waals surface area contributed by atoms with E-state index in [9.17, 15) is 0 Å². The monoisotopic (exact) mass is 442 g/mol. The third-order valence-electron chi connectivity index (χ3n) is 5.03. The molecule has 3 rings (SSSR count). The van der Waals surface area contributed by atoms with E-state index in [-0.39, 0.29) is 6.10 Å². The van der Waals surface area contributed by atoms with Gasteiger partial charge in [-0.1, -0.05) is 111 Å². The molecule has 31 heavy (non-hydrogen) atoms. The van der Waals surface area contributed by atoms with Crippen LogP contribution < -0.4 is 0 Å². The van der Waals surface area contributed by atoms with E-state index < -0.39 is 16.4 Å². The van der Waals surface area contributed by atoms with E-state index >= 15 is 0 Å². The molecule has 3 aromatic rings. The SMILES string of the molecule is C[Si](C)(C)OC(C(=C=C(c1ccccc1)c1ccccc1)[Si](C)(C)C)c1ccccc1. The summed E-state index contributed by atoms with van der Waals surface area (Å²) < 4.78 is 6.85. The molecule has 0 aliphatic rings. The summed E-state index contributed by atoms with van der Waals surface area (Å²) in [5.74, 6) is 0. The van der Waals surface area contributed by atoms with Crippen LogP contribution in [0, 0.1) is 0 Å². The molecule has 3 aromatic carbocycles. The molecule has 0 aromatic heterocycles. The van der Waals surface area contributed by atoms with Gasteiger partial charge in [0.2, 0.25) is 0 Å². The Kier molecular flexibility index (Phi) is 7.35. The Morgan fingerprint density at radius 1 is 0.645 bits per heavy atom. The summed E-state index contributed by atoms with van der Waals surface area (Å²) in [6, 6.07) is 31.9. The molecule has 1 unspecified atom stereocenters. The number of hydrogen-bond donors (Lipinski definition) is 0. The maximum Gasteiger partial charge on any atom is 0.185 e. The van der Waals surface area contributed by atoms with Gasteiger partial charge in [-0.05, 0) is 41.5 Å². The Bertz CT molecular complexity index is 995. The maximum absolute atomic E-state index is 6.85. The highest BCUT2D eigenvalue weighted by molar-refractivity contribution is 6.83. The van der Waals surface area contributed by atoms with E-state index in [0.717, 1.165) is 5.57 Å². The topological polar surface area (TPSA) is 9.23 Å². The van der Waals surface area contributed by atoms with Gasteiger partial charge in [0.05, 0.1) is 14.2 Å². The van der Waals surface area contributed by atoms with Gasteiger partial charge in [0.1, 0.15) is 0 Å². The fourth-order valence-corrected chi connectivity index (χ4v) is 6.17. The van der Waals surface area contributed by atoms with Crippen LogP contribution in [-0.2, 0) is 4.43 Å². The van der Waals surface area contributed by atoms with Crippen molar-refractivity contribution in [2.75, 3.05) is 0 Å². The first-order valence-electron chi connectivity index (χ1n) is 11.0. The lowest BCUT2D eigenvalue weighted by Crippen LogP contribution is -2.35. The van der Waals surface area contributed by atoms with Crippen molar-refractivity contribution in [2.45, 2.75) is 45.4 Å². The molecule has 1 nitrogen and oxygen atoms in total. The first kappa shape index (κ1) is 23.2. The second-order valence-electron chi connectivity index (χ2n) is 9.92. The maximum atomic E-state index is 6.85. The van der Waals surface area contributed by atoms with Crippen molar-refractivity contribution < 1.29 is 4.43 Å². The van der Waals surface area contributed by atoms with Crippen LogP contribution >= 0.6 is 0 Å². The second-order valence-corrected chi connectivity index (χ2v) is 19.4. The Hall–Kier alpha value is -2.43. The fourth-order valence-electron chi connectivity index (χ4n) is 3.58. The Labute approximate surface area is 190 Å². The summed E-state index contributed by atoms with van der Waals surface area (Å²) in [6.45, 7) is 14.0. The zero-order valence-corrected chi connectivity index (χ0v) is 21.6. The highest BCUT2D eigenvalue weighted by atomic mass is 28.4. The molecule has 0 fully saturated rings. The first-order valence-corrected chi connectivity index (χ1v) is 17.9. The van der Waals surface area contributed by atoms with Crippen molar-refractivity contribution in [1.29, 1.82) is 0 Å². The molecule has 0 bridgehead atoms. The summed E-state index contributed by atoms with van der Waals surface area (Å²) >= 11 is 0. The van der Waals surface area contributed by atoms with Gasteiger partial charge in [0.15, 0.2) is 8.32 Å². The summed E-state index contributed by atoms with van der Waals surface area (Å²) in [5, 5.41) is 1.31. The molecule has 0 saturated carbocycles. The van der Waals surface area contributed by atoms with Crippen molar-refractivity contribution in [1.82, 2.24) is 0 Å². The molecule has 0 aliphatic heterocycles. The largest absolute Gasteiger partial charge is 0.407 e. The Balaban J connectivity index is 2.35. The van der Waals surface area contributed by atoms with Gasteiger partial charge in [-0.2, -0.15) is 0 Å². The minimum absolute atomic E-state index is 0.0676. The molecule has 0 aliphatic carbocycles. The second kappa shape index (κ2) is 9.80. The molecule has 0 spiro atoms. The number of benzene rings is 3. The van der Waals surface area contributed by atoms with E-state index in [0.29, 0.717) is 0 Å². The fraction of sp³-hybridized carbons (Fsp3) is 0.250. The van der Waals surface area contributed by atoms with Crippen LogP contribution in [0.4, 0.5) is 0 Å². The van der Waals surface area contributed by atoms with Crippen molar-refractivity contribution in [2.24, 2.45) is 0 Å². The van der Waals surface area contributed by atoms with E-state index in [2.05, 4.69) is 136 Å². The molecule has 0 N–H and O–H groups in total. The zero-order valence-electron chi connectivity index (χ0n) is 19.6. The average molecular weight is 443 g/mol. The third-order valence-corrected chi connectivity index (χ3v) is 7.97. The predicted molar refractivity (Wildman–Crippen MR) is 139 cm³/mol. The van der Waals surface area contributed by atoms with Gasteiger partial charge in [-0.3, -0.25) is 0 Å². The summed E-state index contributed by atoms with van der Waals surface area (Å²) in [7, 11) is -3.58. The highest BCUT2D eigenvalue weighted by Crippen LogP contribution is 2.36. The minimum atomic E-state index is -1.80. The number of rotatable bonds is 7. The molecule has 0 radical (unpaired) electrons. The van der Waals surface area contributed by atoms with Crippen LogP contribution in [0.3, 0.4) is 0 Å². The summed E-state index contributed by atoms with van der Waals surface area (Å²) in [5.41, 5.74) is 8.66. The van der Waals surface area contributed by atoms with Crippen LogP contribution in [0.1, 0.15) is 22.8 Å². The van der Waals surface area contributed by atoms with Crippen LogP contribution in [0.5, 0.6) is 0 Å². The Morgan fingerprint density at radius 3 is 1.45 bits per heavy atom. The average Bonchev–Trinajstić information content (AvgIpc) is 2.73. The van der Waals surface area contributed by atoms with Gasteiger partial charge in [-0.15, -0.1) is 5.73 Å². The first-order chi connectivity index (χ1) is 14.6. The lowest BCUT2D eigenvalue weighted by molar-refractivity contribution is 0.242. The molecular weight excluding hydrogens is 408 g/mol. The normalized spacial score (nSPS) is 12.7. The van der Waals surface area contributed by atoms with Gasteiger partial charge in [0.25, 0.3) is 0 Å². The van der Waals surface area contributed by atoms with Crippen molar-refractivity contribution in [3.63, 3.8) is 0 Å². The van der Waals surface area contributed by atoms with Gasteiger partial charge in [-0.25, -0.2) is 0 Å². The summed E-state index contributed by atoms with van der Waals surface area (Å²) in [4.78, 5) is 0. The highest BCUT2D eigenvalue weighted by Gasteiger charge is 2.32.